The van der Waals surface area contributed by atoms with E-state index < -0.39 is 17.4 Å². The summed E-state index contributed by atoms with van der Waals surface area (Å²) < 4.78 is 6.49. The van der Waals surface area contributed by atoms with Crippen LogP contribution in [0.1, 0.15) is 6.92 Å². The van der Waals surface area contributed by atoms with Crippen molar-refractivity contribution in [2.45, 2.75) is 12.5 Å². The van der Waals surface area contributed by atoms with Gasteiger partial charge in [0.25, 0.3) is 17.4 Å². The standard InChI is InChI=1S/C16H13BrN2O3/c1-16(14(20)18-11-6-4-5-10(17)9-11)15(21)19-12-7-2-3-8-13(12)22-16/h2-9H,1H3,(H,18,20)(H,19,21). The Morgan fingerprint density at radius 1 is 1.23 bits per heavy atom. The number of carbonyl (C=O) groups excluding carboxylic acids is 2. The van der Waals surface area contributed by atoms with E-state index in [9.17, 15) is 9.59 Å². The third-order valence-corrected chi connectivity index (χ3v) is 3.89. The van der Waals surface area contributed by atoms with Crippen molar-refractivity contribution < 1.29 is 14.3 Å². The lowest BCUT2D eigenvalue weighted by Gasteiger charge is -2.33. The molecule has 0 radical (unpaired) electrons. The number of ether oxygens (including phenoxy) is 1. The van der Waals surface area contributed by atoms with Gasteiger partial charge < -0.3 is 15.4 Å². The van der Waals surface area contributed by atoms with Crippen molar-refractivity contribution in [3.8, 4) is 5.75 Å². The molecule has 1 aliphatic heterocycles. The maximum Gasteiger partial charge on any atom is 0.278 e. The summed E-state index contributed by atoms with van der Waals surface area (Å²) in [6.07, 6.45) is 0. The number of fused-ring (bicyclic) bond motifs is 1. The molecule has 2 N–H and O–H groups in total. The first-order valence-corrected chi connectivity index (χ1v) is 7.45. The SMILES string of the molecule is CC1(C(=O)Nc2cccc(Br)c2)Oc2ccccc2NC1=O. The molecule has 0 saturated heterocycles. The van der Waals surface area contributed by atoms with Crippen molar-refractivity contribution in [2.75, 3.05) is 10.6 Å². The van der Waals surface area contributed by atoms with Crippen molar-refractivity contribution in [3.05, 3.63) is 53.0 Å². The molecule has 1 aliphatic rings. The highest BCUT2D eigenvalue weighted by molar-refractivity contribution is 9.10. The Hall–Kier alpha value is -2.34. The number of nitrogens with one attached hydrogen (secondary N) is 2. The Bertz CT molecular complexity index is 763. The number of anilines is 2. The first kappa shape index (κ1) is 14.6. The fraction of sp³-hybridized carbons (Fsp3) is 0.125. The van der Waals surface area contributed by atoms with Crippen molar-refractivity contribution in [2.24, 2.45) is 0 Å². The summed E-state index contributed by atoms with van der Waals surface area (Å²) in [6, 6.07) is 14.1. The second kappa shape index (κ2) is 5.46. The summed E-state index contributed by atoms with van der Waals surface area (Å²) in [4.78, 5) is 24.8. The molecule has 2 amide bonds. The zero-order chi connectivity index (χ0) is 15.7. The maximum absolute atomic E-state index is 12.5. The second-order valence-corrected chi connectivity index (χ2v) is 5.97. The average molecular weight is 361 g/mol. The van der Waals surface area contributed by atoms with Gasteiger partial charge in [-0.15, -0.1) is 0 Å². The molecule has 3 rings (SSSR count). The largest absolute Gasteiger partial charge is 0.466 e. The summed E-state index contributed by atoms with van der Waals surface area (Å²) in [5.41, 5.74) is -0.493. The van der Waals surface area contributed by atoms with Crippen molar-refractivity contribution in [1.82, 2.24) is 0 Å². The van der Waals surface area contributed by atoms with E-state index in [-0.39, 0.29) is 0 Å². The number of rotatable bonds is 2. The Morgan fingerprint density at radius 2 is 2.00 bits per heavy atom. The zero-order valence-corrected chi connectivity index (χ0v) is 13.3. The lowest BCUT2D eigenvalue weighted by Crippen LogP contribution is -2.56. The van der Waals surface area contributed by atoms with Crippen molar-refractivity contribution in [3.63, 3.8) is 0 Å². The molecule has 22 heavy (non-hydrogen) atoms. The number of carbonyl (C=O) groups is 2. The van der Waals surface area contributed by atoms with Crippen LogP contribution in [0, 0.1) is 0 Å². The fourth-order valence-electron chi connectivity index (χ4n) is 2.13. The summed E-state index contributed by atoms with van der Waals surface area (Å²) in [5.74, 6) is -0.565. The number of para-hydroxylation sites is 2. The molecule has 1 unspecified atom stereocenters. The van der Waals surface area contributed by atoms with Crippen LogP contribution in [0.15, 0.2) is 53.0 Å². The van der Waals surface area contributed by atoms with Gasteiger partial charge in [0.2, 0.25) is 0 Å². The first-order valence-electron chi connectivity index (χ1n) is 6.65. The lowest BCUT2D eigenvalue weighted by atomic mass is 10.0. The van der Waals surface area contributed by atoms with Crippen LogP contribution in [0.4, 0.5) is 11.4 Å². The predicted octanol–water partition coefficient (Wildman–Crippen LogP) is 3.18. The molecule has 112 valence electrons. The summed E-state index contributed by atoms with van der Waals surface area (Å²) in [6.45, 7) is 1.45. The molecule has 5 nitrogen and oxygen atoms in total. The van der Waals surface area contributed by atoms with Gasteiger partial charge in [0.05, 0.1) is 5.69 Å². The molecular formula is C16H13BrN2O3. The fourth-order valence-corrected chi connectivity index (χ4v) is 2.53. The van der Waals surface area contributed by atoms with Gasteiger partial charge in [0.15, 0.2) is 0 Å². The number of hydrogen-bond donors (Lipinski definition) is 2. The highest BCUT2D eigenvalue weighted by Gasteiger charge is 2.47. The monoisotopic (exact) mass is 360 g/mol. The molecule has 1 heterocycles. The normalized spacial score (nSPS) is 19.6. The quantitative estimate of drug-likeness (QED) is 0.808. The van der Waals surface area contributed by atoms with Crippen LogP contribution in [0.2, 0.25) is 0 Å². The highest BCUT2D eigenvalue weighted by Crippen LogP contribution is 2.33. The Labute approximate surface area is 135 Å². The van der Waals surface area contributed by atoms with Gasteiger partial charge in [0.1, 0.15) is 5.75 Å². The smallest absolute Gasteiger partial charge is 0.278 e. The van der Waals surface area contributed by atoms with Crippen LogP contribution < -0.4 is 15.4 Å². The van der Waals surface area contributed by atoms with E-state index in [1.165, 1.54) is 6.92 Å². The van der Waals surface area contributed by atoms with Crippen LogP contribution in [0.3, 0.4) is 0 Å². The Balaban J connectivity index is 1.87. The molecule has 0 saturated carbocycles. The minimum Gasteiger partial charge on any atom is -0.466 e. The summed E-state index contributed by atoms with van der Waals surface area (Å²) in [7, 11) is 0. The predicted molar refractivity (Wildman–Crippen MR) is 86.9 cm³/mol. The van der Waals surface area contributed by atoms with Gasteiger partial charge >= 0.3 is 0 Å². The van der Waals surface area contributed by atoms with Crippen LogP contribution in [-0.2, 0) is 9.59 Å². The van der Waals surface area contributed by atoms with E-state index in [0.717, 1.165) is 4.47 Å². The third-order valence-electron chi connectivity index (χ3n) is 3.40. The number of halogens is 1. The molecule has 0 fully saturated rings. The van der Waals surface area contributed by atoms with Gasteiger partial charge in [-0.05, 0) is 37.3 Å². The third kappa shape index (κ3) is 2.57. The molecule has 1 atom stereocenters. The van der Waals surface area contributed by atoms with E-state index in [2.05, 4.69) is 26.6 Å². The Morgan fingerprint density at radius 3 is 2.77 bits per heavy atom. The van der Waals surface area contributed by atoms with E-state index in [1.807, 2.05) is 6.07 Å². The minimum absolute atomic E-state index is 0.467. The van der Waals surface area contributed by atoms with Gasteiger partial charge in [-0.2, -0.15) is 0 Å². The van der Waals surface area contributed by atoms with Gasteiger partial charge in [-0.1, -0.05) is 34.1 Å². The molecule has 2 aromatic rings. The Kier molecular flexibility index (Phi) is 3.62. The van der Waals surface area contributed by atoms with Crippen LogP contribution in [0.25, 0.3) is 0 Å². The first-order chi connectivity index (χ1) is 10.5. The maximum atomic E-state index is 12.5. The van der Waals surface area contributed by atoms with E-state index in [0.29, 0.717) is 17.1 Å². The number of benzene rings is 2. The highest BCUT2D eigenvalue weighted by atomic mass is 79.9. The van der Waals surface area contributed by atoms with Crippen LogP contribution >= 0.6 is 15.9 Å². The van der Waals surface area contributed by atoms with Crippen LogP contribution in [-0.4, -0.2) is 17.4 Å². The molecule has 2 aromatic carbocycles. The van der Waals surface area contributed by atoms with E-state index in [1.54, 1.807) is 42.5 Å². The summed E-state index contributed by atoms with van der Waals surface area (Å²) in [5, 5.41) is 5.39. The molecule has 0 spiro atoms. The van der Waals surface area contributed by atoms with Gasteiger partial charge in [-0.25, -0.2) is 0 Å². The zero-order valence-electron chi connectivity index (χ0n) is 11.7. The molecule has 0 aromatic heterocycles. The molecule has 0 bridgehead atoms. The van der Waals surface area contributed by atoms with Gasteiger partial charge in [0, 0.05) is 10.2 Å². The van der Waals surface area contributed by atoms with Crippen LogP contribution in [0.5, 0.6) is 5.75 Å². The van der Waals surface area contributed by atoms with E-state index in [4.69, 9.17) is 4.74 Å². The summed E-state index contributed by atoms with van der Waals surface area (Å²) >= 11 is 3.33. The number of hydrogen-bond acceptors (Lipinski definition) is 3. The minimum atomic E-state index is -1.63. The molecule has 0 aliphatic carbocycles. The second-order valence-electron chi connectivity index (χ2n) is 5.05. The molecular weight excluding hydrogens is 348 g/mol. The van der Waals surface area contributed by atoms with Crippen molar-refractivity contribution >= 4 is 39.1 Å². The van der Waals surface area contributed by atoms with Crippen molar-refractivity contribution in [1.29, 1.82) is 0 Å². The van der Waals surface area contributed by atoms with E-state index >= 15 is 0 Å². The topological polar surface area (TPSA) is 67.4 Å². The number of amides is 2. The molecule has 6 heteroatoms. The van der Waals surface area contributed by atoms with Gasteiger partial charge in [-0.3, -0.25) is 9.59 Å². The lowest BCUT2D eigenvalue weighted by molar-refractivity contribution is -0.143. The average Bonchev–Trinajstić information content (AvgIpc) is 2.48.